The van der Waals surface area contributed by atoms with E-state index in [0.717, 1.165) is 12.8 Å². The summed E-state index contributed by atoms with van der Waals surface area (Å²) in [5.74, 6) is 6.31. The molecule has 0 bridgehead atoms. The van der Waals surface area contributed by atoms with Gasteiger partial charge in [0.2, 0.25) is 0 Å². The van der Waals surface area contributed by atoms with E-state index in [2.05, 4.69) is 17.2 Å². The van der Waals surface area contributed by atoms with E-state index < -0.39 is 6.03 Å². The van der Waals surface area contributed by atoms with Crippen LogP contribution in [0.2, 0.25) is 0 Å². The predicted octanol–water partition coefficient (Wildman–Crippen LogP) is 1.49. The predicted molar refractivity (Wildman–Crippen MR) is 82.3 cm³/mol. The summed E-state index contributed by atoms with van der Waals surface area (Å²) in [4.78, 5) is 10.6. The molecule has 6 nitrogen and oxygen atoms in total. The number of nitrogens with two attached hydrogens (primary N) is 1. The van der Waals surface area contributed by atoms with Crippen LogP contribution in [0.5, 0.6) is 5.75 Å². The highest BCUT2D eigenvalue weighted by Crippen LogP contribution is 2.15. The molecule has 0 saturated carbocycles. The van der Waals surface area contributed by atoms with E-state index in [1.54, 1.807) is 12.1 Å². The second-order valence-corrected chi connectivity index (χ2v) is 5.29. The lowest BCUT2D eigenvalue weighted by molar-refractivity contribution is -0.0373. The van der Waals surface area contributed by atoms with Crippen LogP contribution < -0.4 is 15.8 Å². The molecule has 0 spiro atoms. The summed E-state index contributed by atoms with van der Waals surface area (Å²) in [5.41, 5.74) is 4.89. The second kappa shape index (κ2) is 8.36. The Balaban J connectivity index is 1.68. The van der Waals surface area contributed by atoms with Crippen LogP contribution in [0.4, 0.5) is 9.18 Å². The zero-order chi connectivity index (χ0) is 16.7. The van der Waals surface area contributed by atoms with E-state index in [0.29, 0.717) is 23.8 Å². The van der Waals surface area contributed by atoms with Gasteiger partial charge < -0.3 is 10.5 Å². The van der Waals surface area contributed by atoms with E-state index in [4.69, 9.17) is 15.7 Å². The molecule has 0 radical (unpaired) electrons. The van der Waals surface area contributed by atoms with Crippen LogP contribution in [0.3, 0.4) is 0 Å². The fraction of sp³-hybridized carbons (Fsp3) is 0.438. The van der Waals surface area contributed by atoms with Gasteiger partial charge in [-0.3, -0.25) is 10.5 Å². The van der Waals surface area contributed by atoms with Gasteiger partial charge in [-0.1, -0.05) is 11.8 Å². The molecule has 0 aliphatic carbocycles. The third kappa shape index (κ3) is 5.77. The normalized spacial score (nSPS) is 19.7. The number of rotatable bonds is 5. The Labute approximate surface area is 134 Å². The third-order valence-corrected chi connectivity index (χ3v) is 3.48. The minimum absolute atomic E-state index is 0.0672. The largest absolute Gasteiger partial charge is 0.492 e. The molecule has 1 aliphatic rings. The maximum absolute atomic E-state index is 12.8. The Morgan fingerprint density at radius 1 is 1.43 bits per heavy atom. The van der Waals surface area contributed by atoms with Gasteiger partial charge in [0.05, 0.1) is 12.6 Å². The molecule has 1 heterocycles. The molecule has 23 heavy (non-hydrogen) atoms. The van der Waals surface area contributed by atoms with E-state index in [1.807, 2.05) is 0 Å². The average Bonchev–Trinajstić information content (AvgIpc) is 2.98. The summed E-state index contributed by atoms with van der Waals surface area (Å²) in [6.07, 6.45) is 2.20. The molecule has 2 atom stereocenters. The van der Waals surface area contributed by atoms with Crippen molar-refractivity contribution in [3.8, 4) is 17.6 Å². The smallest absolute Gasteiger partial charge is 0.338 e. The summed E-state index contributed by atoms with van der Waals surface area (Å²) >= 11 is 0. The molecule has 4 N–H and O–H groups in total. The quantitative estimate of drug-likeness (QED) is 0.435. The molecule has 1 fully saturated rings. The number of hydrogen-bond acceptors (Lipinski definition) is 4. The summed E-state index contributed by atoms with van der Waals surface area (Å²) in [6, 6.07) is 5.30. The van der Waals surface area contributed by atoms with Crippen molar-refractivity contribution in [2.75, 3.05) is 13.2 Å². The van der Waals surface area contributed by atoms with Crippen molar-refractivity contribution in [1.29, 1.82) is 0 Å². The molecule has 7 heteroatoms. The molecule has 2 rings (SSSR count). The molecule has 1 unspecified atom stereocenters. The highest BCUT2D eigenvalue weighted by atomic mass is 19.1. The van der Waals surface area contributed by atoms with Crippen LogP contribution in [-0.4, -0.2) is 41.5 Å². The van der Waals surface area contributed by atoms with Crippen LogP contribution >= 0.6 is 0 Å². The van der Waals surface area contributed by atoms with Gasteiger partial charge in [-0.05, 0) is 37.1 Å². The fourth-order valence-corrected chi connectivity index (χ4v) is 2.26. The Morgan fingerprint density at radius 2 is 2.17 bits per heavy atom. The Hall–Kier alpha value is -2.30. The zero-order valence-corrected chi connectivity index (χ0v) is 12.7. The monoisotopic (exact) mass is 321 g/mol. The molecule has 1 saturated heterocycles. The van der Waals surface area contributed by atoms with Crippen molar-refractivity contribution in [3.63, 3.8) is 0 Å². The summed E-state index contributed by atoms with van der Waals surface area (Å²) in [5, 5.41) is 12.9. The van der Waals surface area contributed by atoms with Gasteiger partial charge in [0, 0.05) is 12.5 Å². The number of hydroxylamine groups is 2. The lowest BCUT2D eigenvalue weighted by atomic mass is 10.2. The van der Waals surface area contributed by atoms with Gasteiger partial charge in [-0.2, -0.15) is 0 Å². The standard InChI is InChI=1S/C16H20FN3O3/c17-12-4-8-15(9-5-12)23-11-14-7-6-13(19-14)3-1-2-10-20(22)16(18)21/h4-5,8-9,13-14,19,22H,2,6-7,10-11H2,(H2,18,21)/t13-,14?/m1/s1. The Bertz CT molecular complexity index is 582. The first-order chi connectivity index (χ1) is 11.0. The van der Waals surface area contributed by atoms with Crippen LogP contribution in [0.25, 0.3) is 0 Å². The number of primary amides is 1. The van der Waals surface area contributed by atoms with Gasteiger partial charge in [0.1, 0.15) is 18.2 Å². The minimum atomic E-state index is -0.885. The number of benzene rings is 1. The van der Waals surface area contributed by atoms with E-state index in [9.17, 15) is 9.18 Å². The number of hydrogen-bond donors (Lipinski definition) is 3. The highest BCUT2D eigenvalue weighted by molar-refractivity contribution is 5.70. The molecule has 1 aromatic rings. The Morgan fingerprint density at radius 3 is 2.87 bits per heavy atom. The van der Waals surface area contributed by atoms with E-state index >= 15 is 0 Å². The first-order valence-corrected chi connectivity index (χ1v) is 7.43. The molecule has 2 amide bonds. The number of amides is 2. The van der Waals surface area contributed by atoms with E-state index in [-0.39, 0.29) is 24.4 Å². The summed E-state index contributed by atoms with van der Waals surface area (Å²) in [6.45, 7) is 0.585. The average molecular weight is 321 g/mol. The maximum atomic E-state index is 12.8. The van der Waals surface area contributed by atoms with Crippen LogP contribution in [0.15, 0.2) is 24.3 Å². The molecule has 1 aromatic carbocycles. The number of nitrogens with one attached hydrogen (secondary N) is 1. The Kier molecular flexibility index (Phi) is 6.20. The summed E-state index contributed by atoms with van der Waals surface area (Å²) in [7, 11) is 0. The summed E-state index contributed by atoms with van der Waals surface area (Å²) < 4.78 is 18.4. The number of nitrogens with zero attached hydrogens (tertiary/aromatic N) is 1. The number of carbonyl (C=O) groups is 1. The molecule has 1 aliphatic heterocycles. The van der Waals surface area contributed by atoms with Gasteiger partial charge >= 0.3 is 6.03 Å². The van der Waals surface area contributed by atoms with Gasteiger partial charge in [-0.15, -0.1) is 0 Å². The lowest BCUT2D eigenvalue weighted by Gasteiger charge is -2.13. The molecule has 0 aromatic heterocycles. The van der Waals surface area contributed by atoms with Crippen LogP contribution in [-0.2, 0) is 0 Å². The topological polar surface area (TPSA) is 87.8 Å². The SMILES string of the molecule is NC(=O)N(O)CCC#C[C@@H]1CCC(COc2ccc(F)cc2)N1. The maximum Gasteiger partial charge on any atom is 0.338 e. The minimum Gasteiger partial charge on any atom is -0.492 e. The third-order valence-electron chi connectivity index (χ3n) is 3.48. The van der Waals surface area contributed by atoms with Crippen molar-refractivity contribution in [3.05, 3.63) is 30.1 Å². The molecular formula is C16H20FN3O3. The van der Waals surface area contributed by atoms with Crippen molar-refractivity contribution < 1.29 is 19.1 Å². The number of halogens is 1. The van der Waals surface area contributed by atoms with Crippen molar-refractivity contribution in [2.24, 2.45) is 5.73 Å². The number of carbonyl (C=O) groups excluding carboxylic acids is 1. The number of ether oxygens (including phenoxy) is 1. The van der Waals surface area contributed by atoms with Gasteiger partial charge in [-0.25, -0.2) is 14.2 Å². The zero-order valence-electron chi connectivity index (χ0n) is 12.7. The highest BCUT2D eigenvalue weighted by Gasteiger charge is 2.22. The molecular weight excluding hydrogens is 301 g/mol. The number of urea groups is 1. The second-order valence-electron chi connectivity index (χ2n) is 5.29. The van der Waals surface area contributed by atoms with Crippen molar-refractivity contribution >= 4 is 6.03 Å². The van der Waals surface area contributed by atoms with E-state index in [1.165, 1.54) is 12.1 Å². The molecule has 124 valence electrons. The van der Waals surface area contributed by atoms with Crippen LogP contribution in [0, 0.1) is 17.7 Å². The van der Waals surface area contributed by atoms with Crippen LogP contribution in [0.1, 0.15) is 19.3 Å². The van der Waals surface area contributed by atoms with Crippen molar-refractivity contribution in [1.82, 2.24) is 10.4 Å². The van der Waals surface area contributed by atoms with Gasteiger partial charge in [0.15, 0.2) is 0 Å². The van der Waals surface area contributed by atoms with Gasteiger partial charge in [0.25, 0.3) is 0 Å². The van der Waals surface area contributed by atoms with Crippen molar-refractivity contribution in [2.45, 2.75) is 31.3 Å². The fourth-order valence-electron chi connectivity index (χ4n) is 2.26. The first kappa shape index (κ1) is 17.1. The first-order valence-electron chi connectivity index (χ1n) is 7.43. The lowest BCUT2D eigenvalue weighted by Crippen LogP contribution is -2.33.